The van der Waals surface area contributed by atoms with Crippen LogP contribution in [-0.4, -0.2) is 0 Å². The summed E-state index contributed by atoms with van der Waals surface area (Å²) in [5.74, 6) is 6.30. The van der Waals surface area contributed by atoms with Crippen LogP contribution >= 0.6 is 0 Å². The molecular formula is C18H18. The van der Waals surface area contributed by atoms with E-state index in [0.29, 0.717) is 0 Å². The molecule has 0 spiro atoms. The van der Waals surface area contributed by atoms with Crippen molar-refractivity contribution >= 4 is 5.57 Å². The van der Waals surface area contributed by atoms with E-state index in [1.165, 1.54) is 5.56 Å². The molecule has 1 aromatic carbocycles. The molecule has 0 N–H and O–H groups in total. The summed E-state index contributed by atoms with van der Waals surface area (Å²) < 4.78 is 0. The third-order valence-corrected chi connectivity index (χ3v) is 2.48. The first-order valence-corrected chi connectivity index (χ1v) is 5.89. The first-order valence-electron chi connectivity index (χ1n) is 5.89. The third-order valence-electron chi connectivity index (χ3n) is 2.48. The topological polar surface area (TPSA) is 0 Å². The lowest BCUT2D eigenvalue weighted by molar-refractivity contribution is 1.43. The van der Waals surface area contributed by atoms with Crippen molar-refractivity contribution in [1.29, 1.82) is 0 Å². The Labute approximate surface area is 110 Å². The van der Waals surface area contributed by atoms with Gasteiger partial charge in [-0.3, -0.25) is 0 Å². The molecule has 0 saturated heterocycles. The van der Waals surface area contributed by atoms with Crippen LogP contribution in [0.5, 0.6) is 0 Å². The van der Waals surface area contributed by atoms with Crippen molar-refractivity contribution in [2.45, 2.75) is 13.8 Å². The first-order chi connectivity index (χ1) is 8.69. The largest absolute Gasteiger partial charge is 0.0990 e. The quantitative estimate of drug-likeness (QED) is 0.525. The first kappa shape index (κ1) is 13.8. The smallest absolute Gasteiger partial charge is 0.0323 e. The second-order valence-electron chi connectivity index (χ2n) is 3.97. The Kier molecular flexibility index (Phi) is 5.48. The molecular weight excluding hydrogens is 216 g/mol. The van der Waals surface area contributed by atoms with Gasteiger partial charge >= 0.3 is 0 Å². The van der Waals surface area contributed by atoms with Gasteiger partial charge in [0.05, 0.1) is 0 Å². The summed E-state index contributed by atoms with van der Waals surface area (Å²) >= 11 is 0. The van der Waals surface area contributed by atoms with Crippen LogP contribution in [0.3, 0.4) is 0 Å². The summed E-state index contributed by atoms with van der Waals surface area (Å²) in [5, 5.41) is 0. The van der Waals surface area contributed by atoms with E-state index in [1.54, 1.807) is 12.2 Å². The lowest BCUT2D eigenvalue weighted by Gasteiger charge is -2.03. The number of hydrogen-bond donors (Lipinski definition) is 0. The maximum absolute atomic E-state index is 3.74. The molecule has 0 aliphatic heterocycles. The molecule has 0 aromatic heterocycles. The standard InChI is InChI=1S/C18H18/c1-5-9-15(3)13-14-17(10-6-2)18-12-8-7-11-16(18)4/h5-12H,1-2H2,3-4H3/b15-9+,17-10-. The second-order valence-corrected chi connectivity index (χ2v) is 3.97. The average Bonchev–Trinajstić information content (AvgIpc) is 2.36. The van der Waals surface area contributed by atoms with Crippen LogP contribution in [-0.2, 0) is 0 Å². The molecule has 1 rings (SSSR count). The van der Waals surface area contributed by atoms with Gasteiger partial charge in [0.1, 0.15) is 0 Å². The van der Waals surface area contributed by atoms with Crippen molar-refractivity contribution in [3.63, 3.8) is 0 Å². The molecule has 0 nitrogen and oxygen atoms in total. The van der Waals surface area contributed by atoms with Gasteiger partial charge in [-0.1, -0.05) is 67.5 Å². The molecule has 0 aliphatic rings. The highest BCUT2D eigenvalue weighted by molar-refractivity contribution is 5.82. The lowest BCUT2D eigenvalue weighted by atomic mass is 10.0. The van der Waals surface area contributed by atoms with E-state index in [1.807, 2.05) is 31.2 Å². The molecule has 0 aliphatic carbocycles. The fourth-order valence-electron chi connectivity index (χ4n) is 1.58. The van der Waals surface area contributed by atoms with Gasteiger partial charge in [0, 0.05) is 5.57 Å². The normalized spacial score (nSPS) is 11.4. The maximum atomic E-state index is 3.74. The predicted molar refractivity (Wildman–Crippen MR) is 81.1 cm³/mol. The zero-order valence-corrected chi connectivity index (χ0v) is 11.0. The fraction of sp³-hybridized carbons (Fsp3) is 0.111. The summed E-state index contributed by atoms with van der Waals surface area (Å²) in [6, 6.07) is 8.21. The molecule has 0 saturated carbocycles. The van der Waals surface area contributed by atoms with Crippen LogP contribution in [0.15, 0.2) is 67.3 Å². The van der Waals surface area contributed by atoms with Gasteiger partial charge in [-0.05, 0) is 36.6 Å². The van der Waals surface area contributed by atoms with Gasteiger partial charge < -0.3 is 0 Å². The second kappa shape index (κ2) is 7.14. The third kappa shape index (κ3) is 3.96. The summed E-state index contributed by atoms with van der Waals surface area (Å²) in [6.45, 7) is 11.5. The summed E-state index contributed by atoms with van der Waals surface area (Å²) in [7, 11) is 0. The summed E-state index contributed by atoms with van der Waals surface area (Å²) in [5.41, 5.74) is 4.34. The van der Waals surface area contributed by atoms with E-state index in [-0.39, 0.29) is 0 Å². The summed E-state index contributed by atoms with van der Waals surface area (Å²) in [4.78, 5) is 0. The van der Waals surface area contributed by atoms with E-state index in [0.717, 1.165) is 16.7 Å². The zero-order chi connectivity index (χ0) is 13.4. The minimum atomic E-state index is 0.986. The van der Waals surface area contributed by atoms with Crippen LogP contribution in [0.1, 0.15) is 18.1 Å². The Bertz CT molecular complexity index is 557. The number of rotatable bonds is 3. The molecule has 0 atom stereocenters. The number of aryl methyl sites for hydroxylation is 1. The van der Waals surface area contributed by atoms with Gasteiger partial charge in [-0.25, -0.2) is 0 Å². The van der Waals surface area contributed by atoms with Crippen molar-refractivity contribution in [3.8, 4) is 11.8 Å². The molecule has 1 aromatic rings. The van der Waals surface area contributed by atoms with E-state index in [4.69, 9.17) is 0 Å². The van der Waals surface area contributed by atoms with Crippen LogP contribution < -0.4 is 0 Å². The number of benzene rings is 1. The monoisotopic (exact) mass is 234 g/mol. The van der Waals surface area contributed by atoms with E-state index in [2.05, 4.69) is 44.1 Å². The van der Waals surface area contributed by atoms with Crippen molar-refractivity contribution in [3.05, 3.63) is 78.4 Å². The van der Waals surface area contributed by atoms with E-state index < -0.39 is 0 Å². The Morgan fingerprint density at radius 3 is 2.33 bits per heavy atom. The molecule has 0 unspecified atom stereocenters. The van der Waals surface area contributed by atoms with Gasteiger partial charge in [-0.2, -0.15) is 0 Å². The predicted octanol–water partition coefficient (Wildman–Crippen LogP) is 4.70. The number of allylic oxidation sites excluding steroid dienone is 6. The van der Waals surface area contributed by atoms with Crippen molar-refractivity contribution in [1.82, 2.24) is 0 Å². The van der Waals surface area contributed by atoms with Gasteiger partial charge in [0.15, 0.2) is 0 Å². The fourth-order valence-corrected chi connectivity index (χ4v) is 1.58. The van der Waals surface area contributed by atoms with Crippen LogP contribution in [0.4, 0.5) is 0 Å². The molecule has 0 heterocycles. The molecule has 0 fully saturated rings. The highest BCUT2D eigenvalue weighted by Crippen LogP contribution is 2.18. The Balaban J connectivity index is 3.18. The SMILES string of the molecule is C=C/C=C(\C)C#C/C(=C/C=C)c1ccccc1C. The van der Waals surface area contributed by atoms with Gasteiger partial charge in [0.2, 0.25) is 0 Å². The minimum absolute atomic E-state index is 0.986. The molecule has 0 amide bonds. The molecule has 90 valence electrons. The average molecular weight is 234 g/mol. The van der Waals surface area contributed by atoms with Crippen molar-refractivity contribution in [2.24, 2.45) is 0 Å². The van der Waals surface area contributed by atoms with Gasteiger partial charge in [0.25, 0.3) is 0 Å². The molecule has 0 bridgehead atoms. The van der Waals surface area contributed by atoms with Crippen molar-refractivity contribution in [2.75, 3.05) is 0 Å². The highest BCUT2D eigenvalue weighted by atomic mass is 14.0. The molecule has 18 heavy (non-hydrogen) atoms. The van der Waals surface area contributed by atoms with Crippen LogP contribution in [0.2, 0.25) is 0 Å². The maximum Gasteiger partial charge on any atom is 0.0323 e. The number of hydrogen-bond acceptors (Lipinski definition) is 0. The molecule has 0 radical (unpaired) electrons. The van der Waals surface area contributed by atoms with Crippen LogP contribution in [0.25, 0.3) is 5.57 Å². The lowest BCUT2D eigenvalue weighted by Crippen LogP contribution is -1.86. The zero-order valence-electron chi connectivity index (χ0n) is 11.0. The van der Waals surface area contributed by atoms with Gasteiger partial charge in [-0.15, -0.1) is 0 Å². The Morgan fingerprint density at radius 2 is 1.72 bits per heavy atom. The Hall–Kier alpha value is -2.26. The molecule has 0 heteroatoms. The summed E-state index contributed by atoms with van der Waals surface area (Å²) in [6.07, 6.45) is 7.35. The van der Waals surface area contributed by atoms with Crippen LogP contribution in [0, 0.1) is 18.8 Å². The van der Waals surface area contributed by atoms with E-state index in [9.17, 15) is 0 Å². The minimum Gasteiger partial charge on any atom is -0.0990 e. The Morgan fingerprint density at radius 1 is 1.06 bits per heavy atom. The van der Waals surface area contributed by atoms with E-state index >= 15 is 0 Å². The highest BCUT2D eigenvalue weighted by Gasteiger charge is 2.00. The van der Waals surface area contributed by atoms with Crippen molar-refractivity contribution < 1.29 is 0 Å².